The molecule has 150 valence electrons. The average Bonchev–Trinajstić information content (AvgIpc) is 2.98. The Morgan fingerprint density at radius 3 is 2.38 bits per heavy atom. The van der Waals surface area contributed by atoms with Crippen molar-refractivity contribution in [2.24, 2.45) is 28.9 Å². The molecular weight excluding hydrogens is 334 g/mol. The van der Waals surface area contributed by atoms with Crippen molar-refractivity contribution in [3.63, 3.8) is 0 Å². The highest BCUT2D eigenvalue weighted by atomic mass is 16.6. The number of likely N-dealkylation sites (tertiary alicyclic amines) is 1. The lowest BCUT2D eigenvalue weighted by Crippen LogP contribution is -2.57. The SMILES string of the molecule is CC1C2CC(OC(=O)N[C@H](C(=O)N3CCC[C@H]3C(N)=O)C(C)(C)C)CC12.[HH].[HH]. The number of hydrogen-bond donors (Lipinski definition) is 2. The van der Waals surface area contributed by atoms with Crippen molar-refractivity contribution in [3.8, 4) is 0 Å². The second-order valence-corrected chi connectivity index (χ2v) is 9.22. The summed E-state index contributed by atoms with van der Waals surface area (Å²) in [5, 5.41) is 2.76. The van der Waals surface area contributed by atoms with Crippen LogP contribution in [-0.2, 0) is 14.3 Å². The molecule has 3 aliphatic rings. The smallest absolute Gasteiger partial charge is 0.408 e. The van der Waals surface area contributed by atoms with E-state index in [2.05, 4.69) is 12.2 Å². The molecular formula is C19H35N3O4. The number of carbonyl (C=O) groups is 3. The van der Waals surface area contributed by atoms with E-state index in [0.29, 0.717) is 24.8 Å². The van der Waals surface area contributed by atoms with Crippen LogP contribution in [0, 0.1) is 23.2 Å². The molecule has 0 spiro atoms. The molecule has 7 heteroatoms. The van der Waals surface area contributed by atoms with Crippen molar-refractivity contribution in [3.05, 3.63) is 0 Å². The number of nitrogens with zero attached hydrogens (tertiary/aromatic N) is 1. The number of alkyl carbamates (subject to hydrolysis) is 1. The van der Waals surface area contributed by atoms with Crippen molar-refractivity contribution >= 4 is 17.9 Å². The van der Waals surface area contributed by atoms with Gasteiger partial charge in [0, 0.05) is 9.40 Å². The molecule has 1 heterocycles. The van der Waals surface area contributed by atoms with Crippen LogP contribution >= 0.6 is 0 Å². The van der Waals surface area contributed by atoms with Crippen molar-refractivity contribution in [2.45, 2.75) is 71.6 Å². The minimum Gasteiger partial charge on any atom is -0.446 e. The van der Waals surface area contributed by atoms with Gasteiger partial charge in [-0.05, 0) is 48.9 Å². The van der Waals surface area contributed by atoms with Gasteiger partial charge >= 0.3 is 6.09 Å². The highest BCUT2D eigenvalue weighted by Gasteiger charge is 2.54. The van der Waals surface area contributed by atoms with E-state index < -0.39 is 29.5 Å². The fourth-order valence-electron chi connectivity index (χ4n) is 4.66. The predicted molar refractivity (Wildman–Crippen MR) is 100 cm³/mol. The van der Waals surface area contributed by atoms with Gasteiger partial charge in [0.25, 0.3) is 0 Å². The van der Waals surface area contributed by atoms with E-state index in [0.717, 1.165) is 25.2 Å². The molecule has 7 nitrogen and oxygen atoms in total. The van der Waals surface area contributed by atoms with Gasteiger partial charge in [0.05, 0.1) is 0 Å². The van der Waals surface area contributed by atoms with Gasteiger partial charge in [0.15, 0.2) is 0 Å². The number of rotatable bonds is 4. The first kappa shape index (κ1) is 19.0. The first-order chi connectivity index (χ1) is 12.1. The van der Waals surface area contributed by atoms with E-state index in [1.54, 1.807) is 0 Å². The molecule has 0 radical (unpaired) electrons. The predicted octanol–water partition coefficient (Wildman–Crippen LogP) is 2.14. The fourth-order valence-corrected chi connectivity index (χ4v) is 4.66. The molecule has 0 aromatic carbocycles. The van der Waals surface area contributed by atoms with E-state index in [9.17, 15) is 14.4 Å². The summed E-state index contributed by atoms with van der Waals surface area (Å²) >= 11 is 0. The third kappa shape index (κ3) is 3.67. The first-order valence-corrected chi connectivity index (χ1v) is 9.66. The third-order valence-corrected chi connectivity index (χ3v) is 6.34. The summed E-state index contributed by atoms with van der Waals surface area (Å²) in [7, 11) is 0. The Balaban J connectivity index is 0.00000196. The fraction of sp³-hybridized carbons (Fsp3) is 0.842. The Bertz CT molecular complexity index is 598. The van der Waals surface area contributed by atoms with Gasteiger partial charge < -0.3 is 20.7 Å². The molecule has 1 saturated heterocycles. The maximum atomic E-state index is 13.0. The average molecular weight is 370 g/mol. The molecule has 3 rings (SSSR count). The Morgan fingerprint density at radius 1 is 1.23 bits per heavy atom. The molecule has 3 fully saturated rings. The normalized spacial score (nSPS) is 34.2. The molecule has 2 aliphatic carbocycles. The van der Waals surface area contributed by atoms with Gasteiger partial charge in [-0.3, -0.25) is 9.59 Å². The summed E-state index contributed by atoms with van der Waals surface area (Å²) in [5.74, 6) is 1.37. The summed E-state index contributed by atoms with van der Waals surface area (Å²) in [4.78, 5) is 38.6. The molecule has 0 bridgehead atoms. The van der Waals surface area contributed by atoms with Gasteiger partial charge in [0.1, 0.15) is 18.2 Å². The summed E-state index contributed by atoms with van der Waals surface area (Å²) in [6.07, 6.45) is 2.55. The van der Waals surface area contributed by atoms with Gasteiger partial charge in [0.2, 0.25) is 11.8 Å². The van der Waals surface area contributed by atoms with Crippen LogP contribution in [0.2, 0.25) is 0 Å². The van der Waals surface area contributed by atoms with Crippen LogP contribution in [0.25, 0.3) is 0 Å². The summed E-state index contributed by atoms with van der Waals surface area (Å²) < 4.78 is 5.56. The van der Waals surface area contributed by atoms with Gasteiger partial charge in [-0.15, -0.1) is 0 Å². The summed E-state index contributed by atoms with van der Waals surface area (Å²) in [6, 6.07) is -1.35. The number of nitrogens with one attached hydrogen (secondary N) is 1. The minimum atomic E-state index is -0.759. The number of carbonyl (C=O) groups excluding carboxylic acids is 3. The van der Waals surface area contributed by atoms with Gasteiger partial charge in [-0.1, -0.05) is 27.7 Å². The standard InChI is InChI=1S/C19H31N3O4.2H2/c1-10-12-8-11(9-13(10)12)26-18(25)21-15(19(2,3)4)17(24)22-7-5-6-14(22)16(20)23;;/h10-15H,5-9H2,1-4H3,(H2,20,23)(H,21,25);2*1H/t10?,11?,12?,13?,14-,15+;;/m0../s1. The van der Waals surface area contributed by atoms with Crippen molar-refractivity contribution in [2.75, 3.05) is 6.54 Å². The second-order valence-electron chi connectivity index (χ2n) is 9.22. The van der Waals surface area contributed by atoms with E-state index in [4.69, 9.17) is 10.5 Å². The zero-order chi connectivity index (χ0) is 19.2. The number of primary amides is 1. The van der Waals surface area contributed by atoms with Crippen LogP contribution in [0.5, 0.6) is 0 Å². The number of nitrogens with two attached hydrogens (primary N) is 1. The topological polar surface area (TPSA) is 102 Å². The lowest BCUT2D eigenvalue weighted by Gasteiger charge is -2.35. The summed E-state index contributed by atoms with van der Waals surface area (Å²) in [6.45, 7) is 8.39. The van der Waals surface area contributed by atoms with Crippen molar-refractivity contribution in [1.82, 2.24) is 10.2 Å². The zero-order valence-electron chi connectivity index (χ0n) is 16.2. The Hall–Kier alpha value is -1.79. The Kier molecular flexibility index (Phi) is 4.92. The van der Waals surface area contributed by atoms with E-state index >= 15 is 0 Å². The number of ether oxygens (including phenoxy) is 1. The van der Waals surface area contributed by atoms with Gasteiger partial charge in [-0.2, -0.15) is 0 Å². The van der Waals surface area contributed by atoms with Crippen LogP contribution in [0.4, 0.5) is 4.79 Å². The Morgan fingerprint density at radius 2 is 1.85 bits per heavy atom. The van der Waals surface area contributed by atoms with Crippen LogP contribution in [0.15, 0.2) is 0 Å². The largest absolute Gasteiger partial charge is 0.446 e. The molecule has 0 aromatic rings. The quantitative estimate of drug-likeness (QED) is 0.792. The van der Waals surface area contributed by atoms with E-state index in [1.165, 1.54) is 4.90 Å². The lowest BCUT2D eigenvalue weighted by molar-refractivity contribution is -0.141. The van der Waals surface area contributed by atoms with Crippen LogP contribution in [0.1, 0.15) is 56.2 Å². The molecule has 1 aliphatic heterocycles. The van der Waals surface area contributed by atoms with Crippen molar-refractivity contribution in [1.29, 1.82) is 0 Å². The molecule has 0 aromatic heterocycles. The highest BCUT2D eigenvalue weighted by molar-refractivity contribution is 5.91. The first-order valence-electron chi connectivity index (χ1n) is 9.66. The third-order valence-electron chi connectivity index (χ3n) is 6.34. The lowest BCUT2D eigenvalue weighted by atomic mass is 9.85. The summed E-state index contributed by atoms with van der Waals surface area (Å²) in [5.41, 5.74) is 4.92. The van der Waals surface area contributed by atoms with E-state index in [1.807, 2.05) is 20.8 Å². The molecule has 2 saturated carbocycles. The molecule has 3 N–H and O–H groups in total. The van der Waals surface area contributed by atoms with Crippen LogP contribution in [0.3, 0.4) is 0 Å². The maximum Gasteiger partial charge on any atom is 0.408 e. The highest BCUT2D eigenvalue weighted by Crippen LogP contribution is 2.57. The zero-order valence-corrected chi connectivity index (χ0v) is 16.2. The number of amides is 3. The number of fused-ring (bicyclic) bond motifs is 1. The van der Waals surface area contributed by atoms with E-state index in [-0.39, 0.29) is 14.9 Å². The monoisotopic (exact) mass is 369 g/mol. The Labute approximate surface area is 158 Å². The van der Waals surface area contributed by atoms with Crippen molar-refractivity contribution < 1.29 is 22.0 Å². The molecule has 3 amide bonds. The molecule has 4 atom stereocenters. The van der Waals surface area contributed by atoms with Crippen LogP contribution < -0.4 is 11.1 Å². The van der Waals surface area contributed by atoms with Crippen LogP contribution in [-0.4, -0.2) is 47.5 Å². The molecule has 2 unspecified atom stereocenters. The molecule has 26 heavy (non-hydrogen) atoms. The van der Waals surface area contributed by atoms with Gasteiger partial charge in [-0.25, -0.2) is 4.79 Å². The minimum absolute atomic E-state index is 0. The number of hydrogen-bond acceptors (Lipinski definition) is 4. The maximum absolute atomic E-state index is 13.0. The second kappa shape index (κ2) is 6.74.